The first-order valence-corrected chi connectivity index (χ1v) is 9.19. The molecule has 26 heavy (non-hydrogen) atoms. The molecule has 1 aliphatic rings. The van der Waals surface area contributed by atoms with Gasteiger partial charge in [0, 0.05) is 29.7 Å². The molecule has 1 heterocycles. The number of nitrogens with zero attached hydrogens (tertiary/aromatic N) is 1. The Bertz CT molecular complexity index is 857. The first-order valence-electron chi connectivity index (χ1n) is 8.40. The van der Waals surface area contributed by atoms with Gasteiger partial charge >= 0.3 is 6.03 Å². The number of nitrogens with one attached hydrogen (secondary N) is 2. The Labute approximate surface area is 159 Å². The number of rotatable bonds is 4. The number of hydrogen-bond acceptors (Lipinski definition) is 2. The van der Waals surface area contributed by atoms with Crippen LogP contribution in [-0.2, 0) is 17.8 Å². The van der Waals surface area contributed by atoms with Crippen LogP contribution in [0.25, 0.3) is 0 Å². The van der Waals surface area contributed by atoms with Crippen molar-refractivity contribution in [2.75, 3.05) is 16.8 Å². The van der Waals surface area contributed by atoms with Crippen molar-refractivity contribution >= 4 is 39.2 Å². The van der Waals surface area contributed by atoms with Gasteiger partial charge in [0.15, 0.2) is 0 Å². The summed E-state index contributed by atoms with van der Waals surface area (Å²) in [6.07, 6.45) is 1.29. The molecule has 3 amide bonds. The number of urea groups is 1. The largest absolute Gasteiger partial charge is 0.334 e. The highest BCUT2D eigenvalue weighted by atomic mass is 79.9. The van der Waals surface area contributed by atoms with Gasteiger partial charge in [-0.25, -0.2) is 9.18 Å². The minimum Gasteiger partial charge on any atom is -0.334 e. The van der Waals surface area contributed by atoms with Crippen molar-refractivity contribution < 1.29 is 14.0 Å². The fraction of sp³-hybridized carbons (Fsp3) is 0.263. The van der Waals surface area contributed by atoms with Crippen molar-refractivity contribution in [1.82, 2.24) is 5.32 Å². The normalized spacial score (nSPS) is 12.7. The summed E-state index contributed by atoms with van der Waals surface area (Å²) >= 11 is 3.17. The van der Waals surface area contributed by atoms with Gasteiger partial charge in [0.1, 0.15) is 5.82 Å². The lowest BCUT2D eigenvalue weighted by molar-refractivity contribution is -0.118. The van der Waals surface area contributed by atoms with Gasteiger partial charge in [-0.1, -0.05) is 35.0 Å². The van der Waals surface area contributed by atoms with Gasteiger partial charge in [0.25, 0.3) is 0 Å². The molecule has 2 aromatic rings. The van der Waals surface area contributed by atoms with E-state index in [9.17, 15) is 14.0 Å². The SMILES string of the molecule is CCC(=O)N1CCc2cc(CNC(=O)Nc3ccc(Br)cc3F)ccc21. The molecule has 2 N–H and O–H groups in total. The standard InChI is InChI=1S/C19H19BrFN3O2/c1-2-18(25)24-8-7-13-9-12(3-6-17(13)24)11-22-19(26)23-16-5-4-14(20)10-15(16)21/h3-6,9-10H,2,7-8,11H2,1H3,(H2,22,23,26). The molecule has 0 saturated heterocycles. The van der Waals surface area contributed by atoms with Crippen LogP contribution in [0.5, 0.6) is 0 Å². The molecule has 0 radical (unpaired) electrons. The second-order valence-electron chi connectivity index (χ2n) is 6.04. The van der Waals surface area contributed by atoms with Crippen LogP contribution in [0.2, 0.25) is 0 Å². The van der Waals surface area contributed by atoms with E-state index in [1.54, 1.807) is 11.0 Å². The Morgan fingerprint density at radius 2 is 2.04 bits per heavy atom. The lowest BCUT2D eigenvalue weighted by Gasteiger charge is -2.16. The number of benzene rings is 2. The molecule has 136 valence electrons. The molecular weight excluding hydrogens is 401 g/mol. The molecule has 0 bridgehead atoms. The molecule has 0 aliphatic carbocycles. The summed E-state index contributed by atoms with van der Waals surface area (Å²) in [5.41, 5.74) is 3.10. The number of halogens is 2. The Balaban J connectivity index is 1.60. The van der Waals surface area contributed by atoms with Crippen LogP contribution in [0.4, 0.5) is 20.6 Å². The third-order valence-electron chi connectivity index (χ3n) is 4.28. The zero-order valence-electron chi connectivity index (χ0n) is 14.3. The van der Waals surface area contributed by atoms with Crippen molar-refractivity contribution in [3.8, 4) is 0 Å². The maximum absolute atomic E-state index is 13.8. The highest BCUT2D eigenvalue weighted by molar-refractivity contribution is 9.10. The Morgan fingerprint density at radius 1 is 1.23 bits per heavy atom. The molecule has 0 fully saturated rings. The average Bonchev–Trinajstić information content (AvgIpc) is 3.05. The number of carbonyl (C=O) groups is 2. The second kappa shape index (κ2) is 7.86. The van der Waals surface area contributed by atoms with E-state index < -0.39 is 11.8 Å². The van der Waals surface area contributed by atoms with Gasteiger partial charge in [-0.2, -0.15) is 0 Å². The lowest BCUT2D eigenvalue weighted by Crippen LogP contribution is -2.28. The second-order valence-corrected chi connectivity index (χ2v) is 6.96. The smallest absolute Gasteiger partial charge is 0.319 e. The van der Waals surface area contributed by atoms with Crippen LogP contribution >= 0.6 is 15.9 Å². The van der Waals surface area contributed by atoms with E-state index in [0.717, 1.165) is 23.2 Å². The molecule has 5 nitrogen and oxygen atoms in total. The van der Waals surface area contributed by atoms with Crippen LogP contribution in [-0.4, -0.2) is 18.5 Å². The van der Waals surface area contributed by atoms with Crippen molar-refractivity contribution in [3.05, 3.63) is 57.8 Å². The highest BCUT2D eigenvalue weighted by Gasteiger charge is 2.23. The predicted octanol–water partition coefficient (Wildman–Crippen LogP) is 4.21. The van der Waals surface area contributed by atoms with Gasteiger partial charge in [-0.05, 0) is 41.8 Å². The number of carbonyl (C=O) groups excluding carboxylic acids is 2. The molecule has 3 rings (SSSR count). The van der Waals surface area contributed by atoms with E-state index in [-0.39, 0.29) is 11.6 Å². The molecular formula is C19H19BrFN3O2. The van der Waals surface area contributed by atoms with E-state index >= 15 is 0 Å². The summed E-state index contributed by atoms with van der Waals surface area (Å²) in [6, 6.07) is 9.77. The third kappa shape index (κ3) is 4.04. The number of fused-ring (bicyclic) bond motifs is 1. The zero-order chi connectivity index (χ0) is 18.7. The summed E-state index contributed by atoms with van der Waals surface area (Å²) in [4.78, 5) is 25.7. The number of anilines is 2. The maximum Gasteiger partial charge on any atom is 0.319 e. The summed E-state index contributed by atoms with van der Waals surface area (Å²) in [5.74, 6) is -0.390. The van der Waals surface area contributed by atoms with Gasteiger partial charge < -0.3 is 15.5 Å². The van der Waals surface area contributed by atoms with E-state index in [0.29, 0.717) is 24.0 Å². The summed E-state index contributed by atoms with van der Waals surface area (Å²) in [5, 5.41) is 5.21. The van der Waals surface area contributed by atoms with Crippen LogP contribution < -0.4 is 15.5 Å². The molecule has 7 heteroatoms. The summed E-state index contributed by atoms with van der Waals surface area (Å²) < 4.78 is 14.4. The predicted molar refractivity (Wildman–Crippen MR) is 103 cm³/mol. The van der Waals surface area contributed by atoms with E-state index in [2.05, 4.69) is 26.6 Å². The van der Waals surface area contributed by atoms with Gasteiger partial charge in [0.05, 0.1) is 5.69 Å². The fourth-order valence-corrected chi connectivity index (χ4v) is 3.29. The lowest BCUT2D eigenvalue weighted by atomic mass is 10.1. The molecule has 2 aromatic carbocycles. The molecule has 0 atom stereocenters. The van der Waals surface area contributed by atoms with Crippen LogP contribution in [0.1, 0.15) is 24.5 Å². The van der Waals surface area contributed by atoms with Gasteiger partial charge in [-0.3, -0.25) is 4.79 Å². The molecule has 0 unspecified atom stereocenters. The average molecular weight is 420 g/mol. The van der Waals surface area contributed by atoms with Crippen LogP contribution in [0, 0.1) is 5.82 Å². The molecule has 0 spiro atoms. The highest BCUT2D eigenvalue weighted by Crippen LogP contribution is 2.29. The van der Waals surface area contributed by atoms with E-state index in [4.69, 9.17) is 0 Å². The molecule has 1 aliphatic heterocycles. The first kappa shape index (κ1) is 18.4. The maximum atomic E-state index is 13.8. The van der Waals surface area contributed by atoms with Crippen molar-refractivity contribution in [2.45, 2.75) is 26.3 Å². The first-order chi connectivity index (χ1) is 12.5. The van der Waals surface area contributed by atoms with Crippen LogP contribution in [0.15, 0.2) is 40.9 Å². The Kier molecular flexibility index (Phi) is 5.56. The number of hydrogen-bond donors (Lipinski definition) is 2. The van der Waals surface area contributed by atoms with Crippen LogP contribution in [0.3, 0.4) is 0 Å². The zero-order valence-corrected chi connectivity index (χ0v) is 15.9. The Morgan fingerprint density at radius 3 is 2.77 bits per heavy atom. The van der Waals surface area contributed by atoms with Crippen molar-refractivity contribution in [1.29, 1.82) is 0 Å². The van der Waals surface area contributed by atoms with Crippen molar-refractivity contribution in [2.24, 2.45) is 0 Å². The molecule has 0 aromatic heterocycles. The summed E-state index contributed by atoms with van der Waals surface area (Å²) in [6.45, 7) is 2.87. The summed E-state index contributed by atoms with van der Waals surface area (Å²) in [7, 11) is 0. The monoisotopic (exact) mass is 419 g/mol. The molecule has 0 saturated carbocycles. The van der Waals surface area contributed by atoms with Gasteiger partial charge in [0.2, 0.25) is 5.91 Å². The topological polar surface area (TPSA) is 61.4 Å². The minimum absolute atomic E-state index is 0.116. The quantitative estimate of drug-likeness (QED) is 0.779. The number of amides is 3. The fourth-order valence-electron chi connectivity index (χ4n) is 2.95. The van der Waals surface area contributed by atoms with Gasteiger partial charge in [-0.15, -0.1) is 0 Å². The Hall–Kier alpha value is -2.41. The van der Waals surface area contributed by atoms with E-state index in [1.165, 1.54) is 12.1 Å². The van der Waals surface area contributed by atoms with E-state index in [1.807, 2.05) is 25.1 Å². The minimum atomic E-state index is -0.507. The third-order valence-corrected chi connectivity index (χ3v) is 4.77. The van der Waals surface area contributed by atoms with Crippen molar-refractivity contribution in [3.63, 3.8) is 0 Å².